The average molecular weight is 245 g/mol. The summed E-state index contributed by atoms with van der Waals surface area (Å²) >= 11 is 0. The van der Waals surface area contributed by atoms with Crippen LogP contribution in [0.15, 0.2) is 24.4 Å². The summed E-state index contributed by atoms with van der Waals surface area (Å²) in [5.74, 6) is 0. The van der Waals surface area contributed by atoms with Crippen LogP contribution in [-0.2, 0) is 0 Å². The molecule has 1 aliphatic rings. The minimum atomic E-state index is 0.571. The lowest BCUT2D eigenvalue weighted by atomic mass is 10.1. The van der Waals surface area contributed by atoms with Crippen LogP contribution in [0.2, 0.25) is 0 Å². The summed E-state index contributed by atoms with van der Waals surface area (Å²) in [4.78, 5) is 0. The molecule has 0 bridgehead atoms. The molecule has 18 heavy (non-hydrogen) atoms. The molecule has 0 aliphatic carbocycles. The van der Waals surface area contributed by atoms with Crippen LogP contribution in [0.4, 0.5) is 0 Å². The van der Waals surface area contributed by atoms with Gasteiger partial charge in [-0.25, -0.2) is 0 Å². The zero-order chi connectivity index (χ0) is 13.0. The number of hydrogen-bond acceptors (Lipinski definition) is 2. The Morgan fingerprint density at radius 1 is 1.22 bits per heavy atom. The number of aryl methyl sites for hydroxylation is 1. The standard InChI is InChI=1S/C13H17N3.C2H6/c1-10-2-3-13-11(8-10)9-15-16(13)12-4-6-14-7-5-12;1-2/h2-3,8-9,12,14H,4-7H2,1H3;1-2H3. The van der Waals surface area contributed by atoms with Crippen molar-refractivity contribution in [2.24, 2.45) is 0 Å². The largest absolute Gasteiger partial charge is 0.317 e. The van der Waals surface area contributed by atoms with Gasteiger partial charge < -0.3 is 5.32 Å². The van der Waals surface area contributed by atoms with E-state index in [1.165, 1.54) is 29.3 Å². The van der Waals surface area contributed by atoms with Crippen molar-refractivity contribution in [3.63, 3.8) is 0 Å². The Hall–Kier alpha value is -1.35. The molecule has 0 saturated carbocycles. The maximum atomic E-state index is 4.55. The van der Waals surface area contributed by atoms with Gasteiger partial charge in [0, 0.05) is 5.39 Å². The van der Waals surface area contributed by atoms with Crippen LogP contribution in [0.5, 0.6) is 0 Å². The van der Waals surface area contributed by atoms with Gasteiger partial charge in [0.25, 0.3) is 0 Å². The first kappa shape index (κ1) is 13.1. The predicted molar refractivity (Wildman–Crippen MR) is 77.0 cm³/mol. The SMILES string of the molecule is CC.Cc1ccc2c(cnn2C2CCNCC2)c1. The van der Waals surface area contributed by atoms with Gasteiger partial charge in [0.05, 0.1) is 17.8 Å². The quantitative estimate of drug-likeness (QED) is 0.835. The summed E-state index contributed by atoms with van der Waals surface area (Å²) in [7, 11) is 0. The number of nitrogens with zero attached hydrogens (tertiary/aromatic N) is 2. The van der Waals surface area contributed by atoms with Crippen molar-refractivity contribution < 1.29 is 0 Å². The van der Waals surface area contributed by atoms with Crippen LogP contribution >= 0.6 is 0 Å². The van der Waals surface area contributed by atoms with E-state index in [4.69, 9.17) is 0 Å². The second-order valence-electron chi connectivity index (χ2n) is 4.63. The smallest absolute Gasteiger partial charge is 0.0685 e. The Morgan fingerprint density at radius 3 is 2.67 bits per heavy atom. The van der Waals surface area contributed by atoms with E-state index < -0.39 is 0 Å². The molecule has 3 nitrogen and oxygen atoms in total. The van der Waals surface area contributed by atoms with Gasteiger partial charge in [-0.15, -0.1) is 0 Å². The van der Waals surface area contributed by atoms with E-state index in [1.54, 1.807) is 0 Å². The third-order valence-electron chi connectivity index (χ3n) is 3.41. The fourth-order valence-corrected chi connectivity index (χ4v) is 2.51. The maximum Gasteiger partial charge on any atom is 0.0685 e. The van der Waals surface area contributed by atoms with Crippen molar-refractivity contribution in [2.45, 2.75) is 39.7 Å². The van der Waals surface area contributed by atoms with Crippen LogP contribution in [-0.4, -0.2) is 22.9 Å². The fraction of sp³-hybridized carbons (Fsp3) is 0.533. The van der Waals surface area contributed by atoms with E-state index in [9.17, 15) is 0 Å². The summed E-state index contributed by atoms with van der Waals surface area (Å²) < 4.78 is 2.20. The minimum Gasteiger partial charge on any atom is -0.317 e. The van der Waals surface area contributed by atoms with E-state index in [0.717, 1.165) is 13.1 Å². The number of hydrogen-bond donors (Lipinski definition) is 1. The molecule has 0 radical (unpaired) electrons. The van der Waals surface area contributed by atoms with Gasteiger partial charge in [-0.05, 0) is 45.0 Å². The second-order valence-corrected chi connectivity index (χ2v) is 4.63. The minimum absolute atomic E-state index is 0.571. The Kier molecular flexibility index (Phi) is 4.37. The number of fused-ring (bicyclic) bond motifs is 1. The molecular weight excluding hydrogens is 222 g/mol. The lowest BCUT2D eigenvalue weighted by molar-refractivity contribution is 0.351. The molecule has 1 aromatic carbocycles. The number of benzene rings is 1. The van der Waals surface area contributed by atoms with Crippen molar-refractivity contribution >= 4 is 10.9 Å². The van der Waals surface area contributed by atoms with Gasteiger partial charge in [-0.1, -0.05) is 25.5 Å². The fourth-order valence-electron chi connectivity index (χ4n) is 2.51. The lowest BCUT2D eigenvalue weighted by Crippen LogP contribution is -2.29. The van der Waals surface area contributed by atoms with Gasteiger partial charge in [0.2, 0.25) is 0 Å². The van der Waals surface area contributed by atoms with Crippen LogP contribution in [0, 0.1) is 6.92 Å². The van der Waals surface area contributed by atoms with Gasteiger partial charge in [-0.3, -0.25) is 4.68 Å². The monoisotopic (exact) mass is 245 g/mol. The molecule has 98 valence electrons. The summed E-state index contributed by atoms with van der Waals surface area (Å²) in [5, 5.41) is 9.20. The van der Waals surface area contributed by atoms with Gasteiger partial charge in [-0.2, -0.15) is 5.10 Å². The van der Waals surface area contributed by atoms with E-state index >= 15 is 0 Å². The van der Waals surface area contributed by atoms with Crippen molar-refractivity contribution in [1.82, 2.24) is 15.1 Å². The van der Waals surface area contributed by atoms with Gasteiger partial charge in [0.1, 0.15) is 0 Å². The highest BCUT2D eigenvalue weighted by molar-refractivity contribution is 5.79. The van der Waals surface area contributed by atoms with Gasteiger partial charge >= 0.3 is 0 Å². The average Bonchev–Trinajstić information content (AvgIpc) is 2.85. The molecule has 1 aliphatic heterocycles. The van der Waals surface area contributed by atoms with Crippen LogP contribution < -0.4 is 5.32 Å². The van der Waals surface area contributed by atoms with Crippen molar-refractivity contribution in [2.75, 3.05) is 13.1 Å². The van der Waals surface area contributed by atoms with E-state index in [-0.39, 0.29) is 0 Å². The summed E-state index contributed by atoms with van der Waals surface area (Å²) in [6, 6.07) is 7.14. The highest BCUT2D eigenvalue weighted by Crippen LogP contribution is 2.24. The normalized spacial score (nSPS) is 16.4. The molecule has 1 fully saturated rings. The molecule has 0 amide bonds. The topological polar surface area (TPSA) is 29.9 Å². The predicted octanol–water partition coefficient (Wildman–Crippen LogP) is 3.30. The van der Waals surface area contributed by atoms with Crippen LogP contribution in [0.25, 0.3) is 10.9 Å². The number of nitrogens with one attached hydrogen (secondary N) is 1. The van der Waals surface area contributed by atoms with Crippen LogP contribution in [0.3, 0.4) is 0 Å². The van der Waals surface area contributed by atoms with E-state index in [0.29, 0.717) is 6.04 Å². The molecule has 1 aromatic heterocycles. The zero-order valence-electron chi connectivity index (χ0n) is 11.6. The molecule has 0 unspecified atom stereocenters. The summed E-state index contributed by atoms with van der Waals surface area (Å²) in [6.45, 7) is 8.34. The summed E-state index contributed by atoms with van der Waals surface area (Å²) in [6.07, 6.45) is 4.36. The zero-order valence-corrected chi connectivity index (χ0v) is 11.6. The first-order chi connectivity index (χ1) is 8.84. The summed E-state index contributed by atoms with van der Waals surface area (Å²) in [5.41, 5.74) is 2.58. The second kappa shape index (κ2) is 6.01. The molecule has 2 aromatic rings. The number of rotatable bonds is 1. The molecule has 1 saturated heterocycles. The third-order valence-corrected chi connectivity index (χ3v) is 3.41. The van der Waals surface area contributed by atoms with Crippen molar-refractivity contribution in [1.29, 1.82) is 0 Å². The molecule has 3 heteroatoms. The molecule has 1 N–H and O–H groups in total. The Morgan fingerprint density at radius 2 is 1.94 bits per heavy atom. The molecule has 2 heterocycles. The molecule has 3 rings (SSSR count). The van der Waals surface area contributed by atoms with Crippen molar-refractivity contribution in [3.8, 4) is 0 Å². The first-order valence-electron chi connectivity index (χ1n) is 6.99. The number of aromatic nitrogens is 2. The van der Waals surface area contributed by atoms with E-state index in [2.05, 4.69) is 40.2 Å². The molecule has 0 spiro atoms. The third kappa shape index (κ3) is 2.56. The highest BCUT2D eigenvalue weighted by atomic mass is 15.3. The Balaban J connectivity index is 0.000000574. The van der Waals surface area contributed by atoms with Gasteiger partial charge in [0.15, 0.2) is 0 Å². The molecule has 0 atom stereocenters. The maximum absolute atomic E-state index is 4.55. The lowest BCUT2D eigenvalue weighted by Gasteiger charge is -2.23. The Bertz CT molecular complexity index is 495. The van der Waals surface area contributed by atoms with Crippen molar-refractivity contribution in [3.05, 3.63) is 30.0 Å². The highest BCUT2D eigenvalue weighted by Gasteiger charge is 2.17. The molecular formula is C15H23N3. The van der Waals surface area contributed by atoms with Crippen LogP contribution in [0.1, 0.15) is 38.3 Å². The number of piperidine rings is 1. The van der Waals surface area contributed by atoms with E-state index in [1.807, 2.05) is 20.0 Å². The first-order valence-corrected chi connectivity index (χ1v) is 6.99. The Labute approximate surface area is 109 Å².